The fourth-order valence-corrected chi connectivity index (χ4v) is 4.39. The number of carbonyl (C=O) groups excluding carboxylic acids is 2. The van der Waals surface area contributed by atoms with E-state index in [1.165, 1.54) is 11.1 Å². The molecule has 3 amide bonds. The molecule has 5 N–H and O–H groups in total. The van der Waals surface area contributed by atoms with Crippen LogP contribution in [0, 0.1) is 5.92 Å². The van der Waals surface area contributed by atoms with Gasteiger partial charge in [0.1, 0.15) is 11.4 Å². The topological polar surface area (TPSA) is 105 Å². The van der Waals surface area contributed by atoms with Crippen LogP contribution in [0.2, 0.25) is 0 Å². The maximum Gasteiger partial charge on any atom is 0.323 e. The van der Waals surface area contributed by atoms with Gasteiger partial charge in [0.05, 0.1) is 18.5 Å². The summed E-state index contributed by atoms with van der Waals surface area (Å²) >= 11 is 0. The van der Waals surface area contributed by atoms with Gasteiger partial charge in [0.25, 0.3) is 5.91 Å². The quantitative estimate of drug-likeness (QED) is 0.599. The van der Waals surface area contributed by atoms with Gasteiger partial charge in [-0.2, -0.15) is 0 Å². The minimum Gasteiger partial charge on any atom is -0.496 e. The minimum atomic E-state index is -0.521. The fourth-order valence-electron chi connectivity index (χ4n) is 4.39. The van der Waals surface area contributed by atoms with Crippen molar-refractivity contribution in [1.29, 1.82) is 0 Å². The van der Waals surface area contributed by atoms with E-state index in [0.29, 0.717) is 6.54 Å². The lowest BCUT2D eigenvalue weighted by atomic mass is 9.73. The van der Waals surface area contributed by atoms with Crippen molar-refractivity contribution >= 4 is 11.9 Å². The van der Waals surface area contributed by atoms with Crippen LogP contribution >= 0.6 is 0 Å². The van der Waals surface area contributed by atoms with Crippen LogP contribution in [-0.4, -0.2) is 25.6 Å². The number of hydrogen-bond donors (Lipinski definition) is 4. The fraction of sp³-hybridized carbons (Fsp3) is 0.250. The Hall–Kier alpha value is -3.74. The van der Waals surface area contributed by atoms with E-state index in [-0.39, 0.29) is 28.9 Å². The Morgan fingerprint density at radius 3 is 2.65 bits per heavy atom. The molecule has 2 aliphatic rings. The van der Waals surface area contributed by atoms with Crippen LogP contribution in [0.3, 0.4) is 0 Å². The zero-order chi connectivity index (χ0) is 22.0. The van der Waals surface area contributed by atoms with Crippen LogP contribution in [0.15, 0.2) is 72.2 Å². The van der Waals surface area contributed by atoms with Gasteiger partial charge in [0.2, 0.25) is 0 Å². The average Bonchev–Trinajstić information content (AvgIpc) is 2.79. The second-order valence-electron chi connectivity index (χ2n) is 7.86. The van der Waals surface area contributed by atoms with Crippen LogP contribution in [0.1, 0.15) is 29.0 Å². The number of ether oxygens (including phenoxy) is 1. The Morgan fingerprint density at radius 1 is 1.16 bits per heavy atom. The molecule has 0 radical (unpaired) electrons. The van der Waals surface area contributed by atoms with Crippen molar-refractivity contribution in [2.75, 3.05) is 13.7 Å². The summed E-state index contributed by atoms with van der Waals surface area (Å²) in [6.07, 6.45) is 1.73. The SMILES string of the molecule is C=C1NC(=O)NC(C(=O)NC[C@@H]2Cc3ccccc3[C@H](c3ccccc3OC)C2)=C1N. The summed E-state index contributed by atoms with van der Waals surface area (Å²) in [4.78, 5) is 24.4. The Bertz CT molecular complexity index is 1080. The van der Waals surface area contributed by atoms with Gasteiger partial charge in [0.15, 0.2) is 0 Å². The van der Waals surface area contributed by atoms with Gasteiger partial charge < -0.3 is 26.4 Å². The van der Waals surface area contributed by atoms with Gasteiger partial charge in [-0.3, -0.25) is 4.79 Å². The van der Waals surface area contributed by atoms with Gasteiger partial charge in [-0.25, -0.2) is 4.79 Å². The first-order valence-electron chi connectivity index (χ1n) is 10.2. The van der Waals surface area contributed by atoms with Gasteiger partial charge in [-0.15, -0.1) is 0 Å². The second-order valence-corrected chi connectivity index (χ2v) is 7.86. The molecule has 2 atom stereocenters. The monoisotopic (exact) mass is 418 g/mol. The lowest BCUT2D eigenvalue weighted by molar-refractivity contribution is -0.118. The van der Waals surface area contributed by atoms with Gasteiger partial charge in [-0.1, -0.05) is 49.0 Å². The van der Waals surface area contributed by atoms with E-state index < -0.39 is 11.9 Å². The Morgan fingerprint density at radius 2 is 1.87 bits per heavy atom. The highest BCUT2D eigenvalue weighted by Gasteiger charge is 2.30. The van der Waals surface area contributed by atoms with Crippen LogP contribution < -0.4 is 26.4 Å². The predicted molar refractivity (Wildman–Crippen MR) is 118 cm³/mol. The molecule has 4 rings (SSSR count). The molecule has 1 heterocycles. The summed E-state index contributed by atoms with van der Waals surface area (Å²) in [7, 11) is 1.69. The second kappa shape index (κ2) is 8.55. The highest BCUT2D eigenvalue weighted by Crippen LogP contribution is 2.42. The molecule has 0 fully saturated rings. The maximum absolute atomic E-state index is 12.7. The van der Waals surface area contributed by atoms with E-state index in [0.717, 1.165) is 24.2 Å². The predicted octanol–water partition coefficient (Wildman–Crippen LogP) is 2.50. The third-order valence-electron chi connectivity index (χ3n) is 5.90. The summed E-state index contributed by atoms with van der Waals surface area (Å²) in [5.74, 6) is 0.837. The van der Waals surface area contributed by atoms with Crippen molar-refractivity contribution in [3.63, 3.8) is 0 Å². The number of nitrogens with one attached hydrogen (secondary N) is 3. The van der Waals surface area contributed by atoms with Crippen LogP contribution in [0.25, 0.3) is 0 Å². The third-order valence-corrected chi connectivity index (χ3v) is 5.90. The molecule has 7 heteroatoms. The van der Waals surface area contributed by atoms with E-state index in [1.807, 2.05) is 24.3 Å². The third kappa shape index (κ3) is 4.12. The number of hydrogen-bond acceptors (Lipinski definition) is 4. The number of para-hydroxylation sites is 1. The van der Waals surface area contributed by atoms with E-state index in [4.69, 9.17) is 10.5 Å². The number of rotatable bonds is 5. The van der Waals surface area contributed by atoms with E-state index in [1.54, 1.807) is 7.11 Å². The Balaban J connectivity index is 1.54. The smallest absolute Gasteiger partial charge is 0.323 e. The summed E-state index contributed by atoms with van der Waals surface area (Å²) in [5.41, 5.74) is 10.0. The molecule has 160 valence electrons. The Kier molecular flexibility index (Phi) is 5.66. The lowest BCUT2D eigenvalue weighted by Crippen LogP contribution is -2.47. The molecule has 1 aliphatic heterocycles. The highest BCUT2D eigenvalue weighted by molar-refractivity contribution is 6.00. The molecule has 31 heavy (non-hydrogen) atoms. The van der Waals surface area contributed by atoms with E-state index >= 15 is 0 Å². The summed E-state index contributed by atoms with van der Waals surface area (Å²) in [6.45, 7) is 4.13. The number of methoxy groups -OCH3 is 1. The number of amides is 3. The zero-order valence-electron chi connectivity index (χ0n) is 17.4. The van der Waals surface area contributed by atoms with Crippen molar-refractivity contribution in [2.45, 2.75) is 18.8 Å². The van der Waals surface area contributed by atoms with Crippen molar-refractivity contribution in [3.8, 4) is 5.75 Å². The summed E-state index contributed by atoms with van der Waals surface area (Å²) in [5, 5.41) is 7.84. The molecular weight excluding hydrogens is 392 g/mol. The molecule has 2 aromatic rings. The van der Waals surface area contributed by atoms with Crippen molar-refractivity contribution in [3.05, 3.63) is 88.9 Å². The van der Waals surface area contributed by atoms with Gasteiger partial charge >= 0.3 is 6.03 Å². The first kappa shape index (κ1) is 20.5. The van der Waals surface area contributed by atoms with Crippen LogP contribution in [-0.2, 0) is 11.2 Å². The molecule has 0 aromatic heterocycles. The molecule has 0 unspecified atom stereocenters. The van der Waals surface area contributed by atoms with Crippen molar-refractivity contribution in [2.24, 2.45) is 11.7 Å². The average molecular weight is 418 g/mol. The molecule has 0 saturated heterocycles. The number of carbonyl (C=O) groups is 2. The number of benzene rings is 2. The van der Waals surface area contributed by atoms with Crippen LogP contribution in [0.4, 0.5) is 4.79 Å². The van der Waals surface area contributed by atoms with E-state index in [9.17, 15) is 9.59 Å². The van der Waals surface area contributed by atoms with E-state index in [2.05, 4.69) is 46.8 Å². The molecule has 0 saturated carbocycles. The zero-order valence-corrected chi connectivity index (χ0v) is 17.4. The maximum atomic E-state index is 12.7. The van der Waals surface area contributed by atoms with Crippen LogP contribution in [0.5, 0.6) is 5.75 Å². The van der Waals surface area contributed by atoms with Gasteiger partial charge in [0, 0.05) is 18.0 Å². The standard InChI is InChI=1S/C24H26N4O3/c1-14-21(25)22(28-24(30)27-14)23(29)26-13-15-11-16-7-3-4-8-17(16)19(12-15)18-9-5-6-10-20(18)31-2/h3-10,15,19H,1,11-13,25H2,2H3,(H,26,29)(H2,27,28,30)/t15-,19-/m1/s1. The minimum absolute atomic E-state index is 0.0336. The number of urea groups is 1. The number of fused-ring (bicyclic) bond motifs is 1. The lowest BCUT2D eigenvalue weighted by Gasteiger charge is -2.33. The summed E-state index contributed by atoms with van der Waals surface area (Å²) in [6, 6.07) is 16.0. The highest BCUT2D eigenvalue weighted by atomic mass is 16.5. The van der Waals surface area contributed by atoms with Crippen molar-refractivity contribution in [1.82, 2.24) is 16.0 Å². The molecule has 2 aromatic carbocycles. The Labute approximate surface area is 181 Å². The molecule has 0 spiro atoms. The first-order chi connectivity index (χ1) is 15.0. The molecular formula is C24H26N4O3. The normalized spacial score (nSPS) is 20.4. The first-order valence-corrected chi connectivity index (χ1v) is 10.2. The number of nitrogens with two attached hydrogens (primary N) is 1. The largest absolute Gasteiger partial charge is 0.496 e. The molecule has 0 bridgehead atoms. The van der Waals surface area contributed by atoms with Crippen molar-refractivity contribution < 1.29 is 14.3 Å². The molecule has 7 nitrogen and oxygen atoms in total. The molecule has 1 aliphatic carbocycles. The van der Waals surface area contributed by atoms with Gasteiger partial charge in [-0.05, 0) is 36.0 Å². The summed E-state index contributed by atoms with van der Waals surface area (Å²) < 4.78 is 5.61.